The Bertz CT molecular complexity index is 618. The number of benzene rings is 1. The van der Waals surface area contributed by atoms with Gasteiger partial charge in [-0.05, 0) is 24.6 Å². The zero-order valence-corrected chi connectivity index (χ0v) is 12.9. The minimum absolute atomic E-state index is 0.0390. The van der Waals surface area contributed by atoms with Crippen molar-refractivity contribution in [3.05, 3.63) is 29.1 Å². The first kappa shape index (κ1) is 16.9. The van der Waals surface area contributed by atoms with E-state index in [2.05, 4.69) is 0 Å². The summed E-state index contributed by atoms with van der Waals surface area (Å²) in [6, 6.07) is 1.79. The largest absolute Gasteiger partial charge is 0.383 e. The highest BCUT2D eigenvalue weighted by atomic mass is 35.7. The van der Waals surface area contributed by atoms with E-state index in [0.717, 1.165) is 12.1 Å². The molecule has 8 heteroatoms. The number of amides is 1. The average molecular weight is 324 g/mol. The molecule has 0 unspecified atom stereocenters. The number of hydrogen-bond donors (Lipinski definition) is 0. The van der Waals surface area contributed by atoms with Crippen LogP contribution in [0, 0.1) is 12.7 Å². The van der Waals surface area contributed by atoms with Crippen molar-refractivity contribution < 1.29 is 22.3 Å². The highest BCUT2D eigenvalue weighted by molar-refractivity contribution is 8.13. The van der Waals surface area contributed by atoms with E-state index in [0.29, 0.717) is 13.2 Å². The van der Waals surface area contributed by atoms with Gasteiger partial charge in [0, 0.05) is 36.9 Å². The molecule has 1 amide bonds. The van der Waals surface area contributed by atoms with Gasteiger partial charge in [0.05, 0.1) is 11.5 Å². The first-order valence-corrected chi connectivity index (χ1v) is 7.98. The van der Waals surface area contributed by atoms with E-state index in [1.54, 1.807) is 0 Å². The van der Waals surface area contributed by atoms with E-state index in [1.807, 2.05) is 0 Å². The van der Waals surface area contributed by atoms with Gasteiger partial charge in [-0.25, -0.2) is 12.8 Å². The molecule has 1 aromatic carbocycles. The van der Waals surface area contributed by atoms with Gasteiger partial charge in [-0.15, -0.1) is 0 Å². The van der Waals surface area contributed by atoms with Crippen LogP contribution in [0.15, 0.2) is 17.0 Å². The molecule has 0 spiro atoms. The third-order valence-electron chi connectivity index (χ3n) is 2.80. The molecule has 0 radical (unpaired) electrons. The first-order chi connectivity index (χ1) is 9.18. The molecule has 0 atom stereocenters. The van der Waals surface area contributed by atoms with E-state index >= 15 is 0 Å². The van der Waals surface area contributed by atoms with Gasteiger partial charge in [-0.3, -0.25) is 4.79 Å². The molecule has 0 bridgehead atoms. The van der Waals surface area contributed by atoms with Crippen molar-refractivity contribution in [3.8, 4) is 0 Å². The van der Waals surface area contributed by atoms with Gasteiger partial charge in [-0.2, -0.15) is 0 Å². The van der Waals surface area contributed by atoms with Crippen LogP contribution in [0.1, 0.15) is 15.9 Å². The maximum atomic E-state index is 13.5. The van der Waals surface area contributed by atoms with E-state index in [4.69, 9.17) is 15.4 Å². The fourth-order valence-electron chi connectivity index (χ4n) is 1.66. The summed E-state index contributed by atoms with van der Waals surface area (Å²) in [4.78, 5) is 13.1. The van der Waals surface area contributed by atoms with Gasteiger partial charge < -0.3 is 9.64 Å². The van der Waals surface area contributed by atoms with Crippen molar-refractivity contribution in [1.82, 2.24) is 4.90 Å². The van der Waals surface area contributed by atoms with Crippen LogP contribution in [0.4, 0.5) is 4.39 Å². The molecule has 0 heterocycles. The van der Waals surface area contributed by atoms with Gasteiger partial charge in [0.2, 0.25) is 0 Å². The molecular weight excluding hydrogens is 309 g/mol. The van der Waals surface area contributed by atoms with E-state index in [9.17, 15) is 17.6 Å². The van der Waals surface area contributed by atoms with E-state index < -0.39 is 25.7 Å². The molecule has 0 saturated heterocycles. The summed E-state index contributed by atoms with van der Waals surface area (Å²) in [5.41, 5.74) is 0.0819. The molecule has 0 aliphatic heterocycles. The number of methoxy groups -OCH3 is 1. The standard InChI is InChI=1S/C12H15ClFNO4S/c1-8-10(12(16)15(2)4-5-19-3)6-9(14)7-11(8)20(13,17)18/h6-7H,4-5H2,1-3H3. The smallest absolute Gasteiger partial charge is 0.261 e. The number of nitrogens with zero attached hydrogens (tertiary/aromatic N) is 1. The number of likely N-dealkylation sites (N-methyl/N-ethyl adjacent to an activating group) is 1. The Labute approximate surface area is 121 Å². The first-order valence-electron chi connectivity index (χ1n) is 5.67. The molecule has 0 aliphatic rings. The zero-order chi connectivity index (χ0) is 15.5. The maximum absolute atomic E-state index is 13.5. The number of hydrogen-bond acceptors (Lipinski definition) is 4. The quantitative estimate of drug-likeness (QED) is 0.775. The number of carbonyl (C=O) groups excluding carboxylic acids is 1. The Morgan fingerprint density at radius 1 is 1.45 bits per heavy atom. The van der Waals surface area contributed by atoms with Crippen LogP contribution >= 0.6 is 10.7 Å². The predicted octanol–water partition coefficient (Wildman–Crippen LogP) is 1.78. The van der Waals surface area contributed by atoms with Crippen molar-refractivity contribution in [3.63, 3.8) is 0 Å². The minimum Gasteiger partial charge on any atom is -0.383 e. The van der Waals surface area contributed by atoms with Gasteiger partial charge in [0.15, 0.2) is 0 Å². The molecule has 0 fully saturated rings. The second-order valence-electron chi connectivity index (χ2n) is 4.23. The summed E-state index contributed by atoms with van der Waals surface area (Å²) in [7, 11) is 4.12. The monoisotopic (exact) mass is 323 g/mol. The predicted molar refractivity (Wildman–Crippen MR) is 73.0 cm³/mol. The SMILES string of the molecule is COCCN(C)C(=O)c1cc(F)cc(S(=O)(=O)Cl)c1C. The molecular formula is C12H15ClFNO4S. The number of ether oxygens (including phenoxy) is 1. The third-order valence-corrected chi connectivity index (χ3v) is 4.24. The van der Waals surface area contributed by atoms with Crippen LogP contribution in [-0.2, 0) is 13.8 Å². The molecule has 1 rings (SSSR count). The third kappa shape index (κ3) is 3.91. The van der Waals surface area contributed by atoms with Gasteiger partial charge in [0.25, 0.3) is 15.0 Å². The average Bonchev–Trinajstić information content (AvgIpc) is 2.36. The molecule has 112 valence electrons. The summed E-state index contributed by atoms with van der Waals surface area (Å²) in [5.74, 6) is -1.33. The highest BCUT2D eigenvalue weighted by Gasteiger charge is 2.22. The van der Waals surface area contributed by atoms with Crippen molar-refractivity contribution in [2.75, 3.05) is 27.3 Å². The van der Waals surface area contributed by atoms with Crippen LogP contribution in [0.3, 0.4) is 0 Å². The molecule has 0 N–H and O–H groups in total. The fraction of sp³-hybridized carbons (Fsp3) is 0.417. The van der Waals surface area contributed by atoms with Gasteiger partial charge in [-0.1, -0.05) is 0 Å². The Morgan fingerprint density at radius 3 is 2.55 bits per heavy atom. The topological polar surface area (TPSA) is 63.7 Å². The lowest BCUT2D eigenvalue weighted by atomic mass is 10.1. The van der Waals surface area contributed by atoms with Gasteiger partial charge in [0.1, 0.15) is 5.82 Å². The summed E-state index contributed by atoms with van der Waals surface area (Å²) < 4.78 is 41.1. The van der Waals surface area contributed by atoms with E-state index in [1.165, 1.54) is 26.0 Å². The second-order valence-corrected chi connectivity index (χ2v) is 6.77. The van der Waals surface area contributed by atoms with Crippen molar-refractivity contribution in [2.24, 2.45) is 0 Å². The highest BCUT2D eigenvalue weighted by Crippen LogP contribution is 2.24. The number of halogens is 2. The lowest BCUT2D eigenvalue weighted by molar-refractivity contribution is 0.0742. The summed E-state index contributed by atoms with van der Waals surface area (Å²) in [6.07, 6.45) is 0. The Morgan fingerprint density at radius 2 is 2.05 bits per heavy atom. The lowest BCUT2D eigenvalue weighted by Gasteiger charge is -2.18. The van der Waals surface area contributed by atoms with Crippen LogP contribution in [0.5, 0.6) is 0 Å². The maximum Gasteiger partial charge on any atom is 0.261 e. The van der Waals surface area contributed by atoms with Crippen LogP contribution in [-0.4, -0.2) is 46.5 Å². The van der Waals surface area contributed by atoms with Crippen molar-refractivity contribution in [2.45, 2.75) is 11.8 Å². The van der Waals surface area contributed by atoms with E-state index in [-0.39, 0.29) is 11.1 Å². The number of rotatable bonds is 5. The Kier molecular flexibility index (Phi) is 5.50. The summed E-state index contributed by atoms with van der Waals surface area (Å²) >= 11 is 0. The lowest BCUT2D eigenvalue weighted by Crippen LogP contribution is -2.30. The number of carbonyl (C=O) groups is 1. The molecule has 5 nitrogen and oxygen atoms in total. The second kappa shape index (κ2) is 6.51. The van der Waals surface area contributed by atoms with Crippen molar-refractivity contribution >= 4 is 25.6 Å². The molecule has 0 aliphatic carbocycles. The molecule has 0 aromatic heterocycles. The molecule has 20 heavy (non-hydrogen) atoms. The van der Waals surface area contributed by atoms with Gasteiger partial charge >= 0.3 is 0 Å². The van der Waals surface area contributed by atoms with Crippen LogP contribution in [0.2, 0.25) is 0 Å². The summed E-state index contributed by atoms with van der Waals surface area (Å²) in [6.45, 7) is 2.03. The van der Waals surface area contributed by atoms with Crippen LogP contribution < -0.4 is 0 Å². The molecule has 1 aromatic rings. The Hall–Kier alpha value is -1.18. The minimum atomic E-state index is -4.12. The molecule has 0 saturated carbocycles. The summed E-state index contributed by atoms with van der Waals surface area (Å²) in [5, 5.41) is 0. The van der Waals surface area contributed by atoms with Crippen LogP contribution in [0.25, 0.3) is 0 Å². The van der Waals surface area contributed by atoms with Crippen molar-refractivity contribution in [1.29, 1.82) is 0 Å². The zero-order valence-electron chi connectivity index (χ0n) is 11.3. The normalized spacial score (nSPS) is 11.4. The Balaban J connectivity index is 3.26. The fourth-order valence-corrected chi connectivity index (χ4v) is 2.87.